The molecule has 170 valence electrons. The van der Waals surface area contributed by atoms with Crippen LogP contribution in [-0.4, -0.2) is 29.3 Å². The van der Waals surface area contributed by atoms with Gasteiger partial charge in [-0.05, 0) is 48.5 Å². The Balaban J connectivity index is 1.59. The van der Waals surface area contributed by atoms with Crippen molar-refractivity contribution in [2.45, 2.75) is 6.18 Å². The van der Waals surface area contributed by atoms with E-state index in [0.717, 1.165) is 12.1 Å². The van der Waals surface area contributed by atoms with Crippen LogP contribution in [0.2, 0.25) is 5.02 Å². The molecule has 2 aromatic carbocycles. The number of pyridine rings is 1. The van der Waals surface area contributed by atoms with Crippen LogP contribution in [0, 0.1) is 0 Å². The van der Waals surface area contributed by atoms with E-state index in [9.17, 15) is 27.6 Å². The molecule has 3 rings (SSSR count). The molecule has 0 saturated carbocycles. The maximum atomic E-state index is 12.8. The van der Waals surface area contributed by atoms with Crippen LogP contribution in [0.3, 0.4) is 0 Å². The van der Waals surface area contributed by atoms with E-state index in [2.05, 4.69) is 20.9 Å². The smallest absolute Gasteiger partial charge is 0.342 e. The van der Waals surface area contributed by atoms with Crippen LogP contribution in [0.1, 0.15) is 26.4 Å². The second kappa shape index (κ2) is 10.1. The molecule has 1 heterocycles. The molecular weight excluding hydrogens is 461 g/mol. The molecule has 1 aromatic heterocycles. The monoisotopic (exact) mass is 476 g/mol. The lowest BCUT2D eigenvalue weighted by Crippen LogP contribution is -2.33. The lowest BCUT2D eigenvalue weighted by atomic mass is 10.1. The van der Waals surface area contributed by atoms with Crippen molar-refractivity contribution in [2.24, 2.45) is 0 Å². The van der Waals surface area contributed by atoms with Crippen molar-refractivity contribution >= 4 is 40.7 Å². The van der Waals surface area contributed by atoms with Gasteiger partial charge in [0.05, 0.1) is 12.1 Å². The summed E-state index contributed by atoms with van der Waals surface area (Å²) in [4.78, 5) is 40.4. The molecule has 0 saturated heterocycles. The van der Waals surface area contributed by atoms with Crippen molar-refractivity contribution in [1.82, 2.24) is 10.3 Å². The molecular formula is C22H16ClF3N4O3. The summed E-state index contributed by atoms with van der Waals surface area (Å²) in [5, 5.41) is 7.62. The van der Waals surface area contributed by atoms with Gasteiger partial charge in [0.2, 0.25) is 5.91 Å². The van der Waals surface area contributed by atoms with Crippen LogP contribution in [0.15, 0.2) is 66.9 Å². The third-order valence-electron chi connectivity index (χ3n) is 4.22. The Hall–Kier alpha value is -3.92. The van der Waals surface area contributed by atoms with Gasteiger partial charge in [0.1, 0.15) is 5.69 Å². The Morgan fingerprint density at radius 2 is 1.58 bits per heavy atom. The number of carbonyl (C=O) groups excluding carboxylic acids is 3. The second-order valence-corrected chi connectivity index (χ2v) is 7.14. The number of nitrogens with one attached hydrogen (secondary N) is 3. The molecule has 3 aromatic rings. The topological polar surface area (TPSA) is 100 Å². The minimum absolute atomic E-state index is 0.0263. The normalized spacial score (nSPS) is 10.9. The summed E-state index contributed by atoms with van der Waals surface area (Å²) in [5.74, 6) is -1.83. The van der Waals surface area contributed by atoms with Crippen LogP contribution in [-0.2, 0) is 11.0 Å². The SMILES string of the molecule is O=C(CNC(=O)c1cc(Cl)ccn1)Nc1cccc(C(=O)Nc2cccc(C(F)(F)F)c2)c1. The van der Waals surface area contributed by atoms with Crippen molar-refractivity contribution in [3.8, 4) is 0 Å². The lowest BCUT2D eigenvalue weighted by Gasteiger charge is -2.11. The van der Waals surface area contributed by atoms with Gasteiger partial charge < -0.3 is 16.0 Å². The zero-order valence-corrected chi connectivity index (χ0v) is 17.5. The lowest BCUT2D eigenvalue weighted by molar-refractivity contribution is -0.137. The van der Waals surface area contributed by atoms with Gasteiger partial charge in [-0.3, -0.25) is 19.4 Å². The number of aromatic nitrogens is 1. The number of alkyl halides is 3. The molecule has 3 N–H and O–H groups in total. The molecule has 0 unspecified atom stereocenters. The van der Waals surface area contributed by atoms with Crippen molar-refractivity contribution in [3.05, 3.63) is 88.7 Å². The zero-order chi connectivity index (χ0) is 24.0. The quantitative estimate of drug-likeness (QED) is 0.491. The number of amides is 3. The van der Waals surface area contributed by atoms with Gasteiger partial charge >= 0.3 is 6.18 Å². The summed E-state index contributed by atoms with van der Waals surface area (Å²) in [6.45, 7) is -0.367. The second-order valence-electron chi connectivity index (χ2n) is 6.70. The molecule has 0 bridgehead atoms. The van der Waals surface area contributed by atoms with Crippen LogP contribution in [0.25, 0.3) is 0 Å². The standard InChI is InChI=1S/C22H16ClF3N4O3/c23-15-7-8-27-18(11-15)21(33)28-12-19(31)29-16-5-1-3-13(9-16)20(32)30-17-6-2-4-14(10-17)22(24,25)26/h1-11H,12H2,(H,28,33)(H,29,31)(H,30,32). The fraction of sp³-hybridized carbons (Fsp3) is 0.0909. The van der Waals surface area contributed by atoms with Crippen molar-refractivity contribution in [1.29, 1.82) is 0 Å². The summed E-state index contributed by atoms with van der Waals surface area (Å²) in [6, 6.07) is 12.9. The number of halogens is 4. The van der Waals surface area contributed by atoms with Gasteiger partial charge in [-0.1, -0.05) is 23.7 Å². The molecule has 0 radical (unpaired) electrons. The van der Waals surface area contributed by atoms with Gasteiger partial charge in [-0.25, -0.2) is 0 Å². The van der Waals surface area contributed by atoms with E-state index in [0.29, 0.717) is 5.02 Å². The van der Waals surface area contributed by atoms with Crippen LogP contribution >= 0.6 is 11.6 Å². The van der Waals surface area contributed by atoms with Gasteiger partial charge in [0, 0.05) is 28.2 Å². The van der Waals surface area contributed by atoms with Crippen LogP contribution < -0.4 is 16.0 Å². The zero-order valence-electron chi connectivity index (χ0n) is 16.7. The average Bonchev–Trinajstić information content (AvgIpc) is 2.77. The summed E-state index contributed by atoms with van der Waals surface area (Å²) < 4.78 is 38.5. The van der Waals surface area contributed by atoms with Crippen molar-refractivity contribution < 1.29 is 27.6 Å². The molecule has 33 heavy (non-hydrogen) atoms. The first-order valence-electron chi connectivity index (χ1n) is 9.40. The van der Waals surface area contributed by atoms with Crippen molar-refractivity contribution in [2.75, 3.05) is 17.2 Å². The Morgan fingerprint density at radius 1 is 0.879 bits per heavy atom. The molecule has 11 heteroatoms. The van der Waals surface area contributed by atoms with E-state index >= 15 is 0 Å². The Bertz CT molecular complexity index is 1200. The maximum Gasteiger partial charge on any atom is 0.416 e. The molecule has 0 aliphatic carbocycles. The first-order chi connectivity index (χ1) is 15.6. The number of nitrogens with zero attached hydrogens (tertiary/aromatic N) is 1. The van der Waals surface area contributed by atoms with E-state index in [4.69, 9.17) is 11.6 Å². The highest BCUT2D eigenvalue weighted by molar-refractivity contribution is 6.30. The Kier molecular flexibility index (Phi) is 7.29. The third kappa shape index (κ3) is 6.78. The van der Waals surface area contributed by atoms with Crippen molar-refractivity contribution in [3.63, 3.8) is 0 Å². The molecule has 0 atom stereocenters. The number of hydrogen-bond acceptors (Lipinski definition) is 4. The predicted octanol–water partition coefficient (Wildman–Crippen LogP) is 4.37. The summed E-state index contributed by atoms with van der Waals surface area (Å²) in [5.41, 5.74) is -0.509. The van der Waals surface area contributed by atoms with Gasteiger partial charge in [-0.2, -0.15) is 13.2 Å². The molecule has 0 spiro atoms. The van der Waals surface area contributed by atoms with Crippen LogP contribution in [0.5, 0.6) is 0 Å². The summed E-state index contributed by atoms with van der Waals surface area (Å²) in [7, 11) is 0. The number of benzene rings is 2. The highest BCUT2D eigenvalue weighted by atomic mass is 35.5. The highest BCUT2D eigenvalue weighted by Gasteiger charge is 2.30. The summed E-state index contributed by atoms with van der Waals surface area (Å²) >= 11 is 5.80. The average molecular weight is 477 g/mol. The molecule has 7 nitrogen and oxygen atoms in total. The Labute approximate surface area is 191 Å². The highest BCUT2D eigenvalue weighted by Crippen LogP contribution is 2.30. The number of rotatable bonds is 6. The van der Waals surface area contributed by atoms with Gasteiger partial charge in [0.25, 0.3) is 11.8 Å². The van der Waals surface area contributed by atoms with Crippen LogP contribution in [0.4, 0.5) is 24.5 Å². The minimum atomic E-state index is -4.54. The van der Waals surface area contributed by atoms with Gasteiger partial charge in [0.15, 0.2) is 0 Å². The number of anilines is 2. The van der Waals surface area contributed by atoms with E-state index < -0.39 is 29.5 Å². The van der Waals surface area contributed by atoms with Gasteiger partial charge in [-0.15, -0.1) is 0 Å². The molecule has 3 amide bonds. The van der Waals surface area contributed by atoms with E-state index in [-0.39, 0.29) is 29.2 Å². The Morgan fingerprint density at radius 3 is 2.27 bits per heavy atom. The van der Waals surface area contributed by atoms with E-state index in [1.54, 1.807) is 0 Å². The molecule has 0 aliphatic heterocycles. The number of hydrogen-bond donors (Lipinski definition) is 3. The molecule has 0 fully saturated rings. The fourth-order valence-corrected chi connectivity index (χ4v) is 2.86. The first kappa shape index (κ1) is 23.7. The predicted molar refractivity (Wildman–Crippen MR) is 116 cm³/mol. The summed E-state index contributed by atoms with van der Waals surface area (Å²) in [6.07, 6.45) is -3.18. The molecule has 0 aliphatic rings. The fourth-order valence-electron chi connectivity index (χ4n) is 2.70. The third-order valence-corrected chi connectivity index (χ3v) is 4.46. The largest absolute Gasteiger partial charge is 0.416 e. The van der Waals surface area contributed by atoms with E-state index in [1.807, 2.05) is 0 Å². The number of carbonyl (C=O) groups is 3. The minimum Gasteiger partial charge on any atom is -0.342 e. The first-order valence-corrected chi connectivity index (χ1v) is 9.78. The van der Waals surface area contributed by atoms with E-state index in [1.165, 1.54) is 54.7 Å². The maximum absolute atomic E-state index is 12.8.